The Kier molecular flexibility index (Phi) is 16.1. The van der Waals surface area contributed by atoms with Gasteiger partial charge in [-0.3, -0.25) is 19.1 Å². The number of fused-ring (bicyclic) bond motifs is 1. The van der Waals surface area contributed by atoms with Gasteiger partial charge in [0.25, 0.3) is 5.97 Å². The molecule has 3 aliphatic rings. The zero-order valence-electron chi connectivity index (χ0n) is 35.7. The Bertz CT molecular complexity index is 2040. The minimum atomic E-state index is -1.83. The maximum Gasteiger partial charge on any atom is 0.303 e. The van der Waals surface area contributed by atoms with E-state index in [-0.39, 0.29) is 39.6 Å². The molecule has 0 bridgehead atoms. The first-order chi connectivity index (χ1) is 30.5. The molecule has 1 unspecified atom stereocenters. The number of esters is 3. The molecule has 63 heavy (non-hydrogen) atoms. The molecule has 0 aliphatic carbocycles. The fraction of sp³-hybridized carbons (Fsp3) is 0.438. The number of carbonyl (C=O) groups is 3. The first-order valence-corrected chi connectivity index (χ1v) is 20.9. The molecule has 3 fully saturated rings. The summed E-state index contributed by atoms with van der Waals surface area (Å²) in [5, 5.41) is 0. The van der Waals surface area contributed by atoms with Gasteiger partial charge in [-0.2, -0.15) is 0 Å². The SMILES string of the molecule is CC(=O)OC[C@H]1O[C@H]2OC(C)(OC[C@H]3O[C@@H](OCc4ccccc4)[C@H](OCc4ccccc4)[C@@H](OCc4ccccc4)[C@@H]3OCc3ccccc3)O[C@H]2[C@@H](OC(C)=O)[C@@H]1OC(C)=O. The van der Waals surface area contributed by atoms with Crippen molar-refractivity contribution in [2.45, 2.75) is 122 Å². The van der Waals surface area contributed by atoms with E-state index in [1.807, 2.05) is 121 Å². The molecular weight excluding hydrogens is 817 g/mol. The van der Waals surface area contributed by atoms with E-state index in [2.05, 4.69) is 0 Å². The Hall–Kier alpha value is -5.07. The number of ether oxygens (including phenoxy) is 12. The number of hydrogen-bond acceptors (Lipinski definition) is 15. The van der Waals surface area contributed by atoms with Crippen molar-refractivity contribution in [1.82, 2.24) is 0 Å². The van der Waals surface area contributed by atoms with E-state index in [9.17, 15) is 14.4 Å². The van der Waals surface area contributed by atoms with Crippen LogP contribution in [0.4, 0.5) is 0 Å². The highest BCUT2D eigenvalue weighted by molar-refractivity contribution is 5.68. The maximum absolute atomic E-state index is 12.4. The standard InChI is InChI=1S/C48H54O15/c1-31(49)52-29-38-41(58-32(2)50)43(59-33(3)51)45-47(61-38)63-48(4,62-45)57-30-39-40(53-25-34-17-9-5-10-18-34)42(54-26-35-19-11-6-12-20-35)44(55-27-36-21-13-7-14-22-36)46(60-39)56-28-37-23-15-8-16-24-37/h5-24,38-47H,25-30H2,1-4H3/t38-,39-,40-,41-,42+,43+,44-,45+,46-,47+,48?/m1/s1. The van der Waals surface area contributed by atoms with Gasteiger partial charge in [0.05, 0.1) is 33.0 Å². The number of rotatable bonds is 19. The Labute approximate surface area is 366 Å². The number of hydrogen-bond donors (Lipinski definition) is 0. The van der Waals surface area contributed by atoms with Gasteiger partial charge in [-0.05, 0) is 22.3 Å². The van der Waals surface area contributed by atoms with Crippen molar-refractivity contribution < 1.29 is 71.2 Å². The molecule has 0 amide bonds. The average Bonchev–Trinajstić information content (AvgIpc) is 3.63. The Morgan fingerprint density at radius 1 is 0.492 bits per heavy atom. The average molecular weight is 871 g/mol. The first kappa shape index (κ1) is 45.9. The van der Waals surface area contributed by atoms with Gasteiger partial charge in [0.2, 0.25) is 0 Å². The first-order valence-electron chi connectivity index (χ1n) is 20.9. The lowest BCUT2D eigenvalue weighted by Gasteiger charge is -2.46. The van der Waals surface area contributed by atoms with Crippen LogP contribution in [-0.4, -0.2) is 98.5 Å². The normalized spacial score (nSPS) is 29.0. The molecule has 336 valence electrons. The summed E-state index contributed by atoms with van der Waals surface area (Å²) >= 11 is 0. The molecule has 4 aromatic carbocycles. The summed E-state index contributed by atoms with van der Waals surface area (Å²) in [5.41, 5.74) is 3.72. The Morgan fingerprint density at radius 3 is 1.43 bits per heavy atom. The van der Waals surface area contributed by atoms with Crippen LogP contribution in [0.5, 0.6) is 0 Å². The van der Waals surface area contributed by atoms with E-state index in [0.717, 1.165) is 22.3 Å². The molecule has 0 spiro atoms. The van der Waals surface area contributed by atoms with E-state index in [1.165, 1.54) is 27.7 Å². The van der Waals surface area contributed by atoms with E-state index in [1.54, 1.807) is 0 Å². The van der Waals surface area contributed by atoms with Gasteiger partial charge in [-0.15, -0.1) is 0 Å². The fourth-order valence-corrected chi connectivity index (χ4v) is 7.65. The third-order valence-electron chi connectivity index (χ3n) is 10.5. The molecule has 0 aromatic heterocycles. The largest absolute Gasteiger partial charge is 0.463 e. The second-order valence-corrected chi connectivity index (χ2v) is 15.5. The minimum absolute atomic E-state index is 0.195. The molecule has 0 radical (unpaired) electrons. The molecule has 0 saturated carbocycles. The highest BCUT2D eigenvalue weighted by Crippen LogP contribution is 2.41. The lowest BCUT2D eigenvalue weighted by atomic mass is 9.97. The molecule has 4 aromatic rings. The lowest BCUT2D eigenvalue weighted by Crippen LogP contribution is -2.62. The Balaban J connectivity index is 1.19. The highest BCUT2D eigenvalue weighted by Gasteiger charge is 2.60. The molecule has 3 heterocycles. The van der Waals surface area contributed by atoms with Crippen molar-refractivity contribution in [3.63, 3.8) is 0 Å². The van der Waals surface area contributed by atoms with E-state index in [4.69, 9.17) is 56.8 Å². The van der Waals surface area contributed by atoms with E-state index >= 15 is 0 Å². The van der Waals surface area contributed by atoms with Crippen molar-refractivity contribution >= 4 is 17.9 Å². The second kappa shape index (κ2) is 22.0. The van der Waals surface area contributed by atoms with Gasteiger partial charge in [-0.25, -0.2) is 0 Å². The molecule has 3 saturated heterocycles. The van der Waals surface area contributed by atoms with Crippen LogP contribution in [0.15, 0.2) is 121 Å². The van der Waals surface area contributed by atoms with Crippen LogP contribution in [0.1, 0.15) is 49.9 Å². The summed E-state index contributed by atoms with van der Waals surface area (Å²) in [6.07, 6.45) is -10.1. The van der Waals surface area contributed by atoms with Gasteiger partial charge in [0.15, 0.2) is 30.9 Å². The van der Waals surface area contributed by atoms with Gasteiger partial charge >= 0.3 is 17.9 Å². The molecule has 15 nitrogen and oxygen atoms in total. The lowest BCUT2D eigenvalue weighted by molar-refractivity contribution is -0.372. The van der Waals surface area contributed by atoms with Crippen LogP contribution in [0.3, 0.4) is 0 Å². The summed E-state index contributed by atoms with van der Waals surface area (Å²) in [6, 6.07) is 39.0. The second-order valence-electron chi connectivity index (χ2n) is 15.5. The van der Waals surface area contributed by atoms with Crippen LogP contribution in [-0.2, 0) is 97.7 Å². The third kappa shape index (κ3) is 12.8. The van der Waals surface area contributed by atoms with Gasteiger partial charge in [0, 0.05) is 27.7 Å². The fourth-order valence-electron chi connectivity index (χ4n) is 7.65. The highest BCUT2D eigenvalue weighted by atomic mass is 16.9. The maximum atomic E-state index is 12.4. The minimum Gasteiger partial charge on any atom is -0.463 e. The third-order valence-corrected chi connectivity index (χ3v) is 10.5. The summed E-state index contributed by atoms with van der Waals surface area (Å²) in [5.74, 6) is -3.78. The van der Waals surface area contributed by atoms with Crippen molar-refractivity contribution in [2.24, 2.45) is 0 Å². The van der Waals surface area contributed by atoms with Gasteiger partial charge < -0.3 is 52.1 Å². The number of carbonyl (C=O) groups excluding carboxylic acids is 3. The van der Waals surface area contributed by atoms with Gasteiger partial charge in [-0.1, -0.05) is 121 Å². The summed E-state index contributed by atoms with van der Waals surface area (Å²) in [7, 11) is 0. The molecule has 11 atom stereocenters. The van der Waals surface area contributed by atoms with Crippen molar-refractivity contribution in [3.8, 4) is 0 Å². The quantitative estimate of drug-likeness (QED) is 0.0804. The van der Waals surface area contributed by atoms with Crippen LogP contribution in [0.25, 0.3) is 0 Å². The topological polar surface area (TPSA) is 162 Å². The van der Waals surface area contributed by atoms with Crippen LogP contribution >= 0.6 is 0 Å². The summed E-state index contributed by atoms with van der Waals surface area (Å²) < 4.78 is 75.4. The van der Waals surface area contributed by atoms with E-state index < -0.39 is 85.3 Å². The van der Waals surface area contributed by atoms with Crippen molar-refractivity contribution in [1.29, 1.82) is 0 Å². The zero-order valence-corrected chi connectivity index (χ0v) is 35.7. The van der Waals surface area contributed by atoms with Crippen LogP contribution in [0, 0.1) is 0 Å². The molecule has 3 aliphatic heterocycles. The van der Waals surface area contributed by atoms with Gasteiger partial charge in [0.1, 0.15) is 37.1 Å². The molecule has 15 heteroatoms. The summed E-state index contributed by atoms with van der Waals surface area (Å²) in [6.45, 7) is 5.50. The van der Waals surface area contributed by atoms with E-state index in [0.29, 0.717) is 0 Å². The van der Waals surface area contributed by atoms with Crippen LogP contribution in [0.2, 0.25) is 0 Å². The number of benzene rings is 4. The predicted molar refractivity (Wildman–Crippen MR) is 222 cm³/mol. The smallest absolute Gasteiger partial charge is 0.303 e. The Morgan fingerprint density at radius 2 is 0.937 bits per heavy atom. The van der Waals surface area contributed by atoms with Crippen molar-refractivity contribution in [3.05, 3.63) is 144 Å². The summed E-state index contributed by atoms with van der Waals surface area (Å²) in [4.78, 5) is 36.5. The predicted octanol–water partition coefficient (Wildman–Crippen LogP) is 5.94. The molecule has 7 rings (SSSR count). The monoisotopic (exact) mass is 870 g/mol. The van der Waals surface area contributed by atoms with Crippen molar-refractivity contribution in [2.75, 3.05) is 13.2 Å². The molecule has 0 N–H and O–H groups in total. The zero-order chi connectivity index (χ0) is 44.2. The molecular formula is C48H54O15. The van der Waals surface area contributed by atoms with Crippen LogP contribution < -0.4 is 0 Å².